The predicted octanol–water partition coefficient (Wildman–Crippen LogP) is 2.69. The summed E-state index contributed by atoms with van der Waals surface area (Å²) in [6, 6.07) is 13.0. The van der Waals surface area contributed by atoms with E-state index in [0.717, 1.165) is 43.1 Å². The van der Waals surface area contributed by atoms with Crippen molar-refractivity contribution >= 4 is 0 Å². The Hall–Kier alpha value is -2.12. The minimum absolute atomic E-state index is 0.135. The maximum Gasteiger partial charge on any atom is 0.142 e. The van der Waals surface area contributed by atoms with E-state index >= 15 is 0 Å². The van der Waals surface area contributed by atoms with Crippen LogP contribution in [-0.4, -0.2) is 59.8 Å². The number of aliphatic hydroxyl groups excluding tert-OH is 2. The van der Waals surface area contributed by atoms with Crippen molar-refractivity contribution in [2.45, 2.75) is 38.8 Å². The van der Waals surface area contributed by atoms with E-state index in [0.29, 0.717) is 20.0 Å². The number of ether oxygens (including phenoxy) is 2. The molecular formula is C24H32N2O4. The number of hydrogen-bond donors (Lipinski definition) is 2. The number of rotatable bonds is 7. The standard InChI is InChI=1S/C24H32N2O4/c1-24(2,21-5-7-23-19(13-21)15-26(9-11-28)17-30-23)20-4-6-22-18(12-20)14-25(16-29-22)8-3-10-27/h4-7,12-13,27-28H,3,8-11,14-17H2,1-2H3. The Balaban J connectivity index is 1.58. The van der Waals surface area contributed by atoms with Crippen molar-refractivity contribution in [3.63, 3.8) is 0 Å². The monoisotopic (exact) mass is 412 g/mol. The Morgan fingerprint density at radius 3 is 1.83 bits per heavy atom. The van der Waals surface area contributed by atoms with E-state index < -0.39 is 0 Å². The summed E-state index contributed by atoms with van der Waals surface area (Å²) in [6.07, 6.45) is 0.758. The molecule has 2 N–H and O–H groups in total. The van der Waals surface area contributed by atoms with Crippen LogP contribution in [-0.2, 0) is 18.5 Å². The Morgan fingerprint density at radius 2 is 1.33 bits per heavy atom. The van der Waals surface area contributed by atoms with E-state index in [1.807, 2.05) is 0 Å². The van der Waals surface area contributed by atoms with E-state index in [-0.39, 0.29) is 18.6 Å². The molecule has 6 heteroatoms. The van der Waals surface area contributed by atoms with Crippen molar-refractivity contribution < 1.29 is 19.7 Å². The summed E-state index contributed by atoms with van der Waals surface area (Å²) < 4.78 is 11.8. The molecule has 0 aliphatic carbocycles. The van der Waals surface area contributed by atoms with Gasteiger partial charge in [-0.05, 0) is 41.8 Å². The molecule has 162 valence electrons. The van der Waals surface area contributed by atoms with Gasteiger partial charge in [-0.1, -0.05) is 26.0 Å². The van der Waals surface area contributed by atoms with Gasteiger partial charge in [-0.2, -0.15) is 0 Å². The molecule has 4 rings (SSSR count). The lowest BCUT2D eigenvalue weighted by Crippen LogP contribution is -2.34. The van der Waals surface area contributed by atoms with Crippen LogP contribution >= 0.6 is 0 Å². The highest BCUT2D eigenvalue weighted by Gasteiger charge is 2.28. The van der Waals surface area contributed by atoms with Gasteiger partial charge < -0.3 is 19.7 Å². The fourth-order valence-corrected chi connectivity index (χ4v) is 4.25. The number of benzene rings is 2. The third kappa shape index (κ3) is 4.32. The SMILES string of the molecule is CC(C)(c1ccc2c(c1)CN(CCO)CO2)c1ccc2c(c1)CN(CCCO)CO2. The minimum Gasteiger partial charge on any atom is -0.478 e. The van der Waals surface area contributed by atoms with Crippen LogP contribution in [0.1, 0.15) is 42.5 Å². The number of fused-ring (bicyclic) bond motifs is 2. The minimum atomic E-state index is -0.170. The number of nitrogens with zero attached hydrogens (tertiary/aromatic N) is 2. The maximum atomic E-state index is 9.24. The average molecular weight is 413 g/mol. The summed E-state index contributed by atoms with van der Waals surface area (Å²) in [4.78, 5) is 4.33. The summed E-state index contributed by atoms with van der Waals surface area (Å²) in [6.45, 7) is 9.01. The molecule has 0 spiro atoms. The first-order valence-corrected chi connectivity index (χ1v) is 10.7. The van der Waals surface area contributed by atoms with E-state index in [2.05, 4.69) is 60.0 Å². The largest absolute Gasteiger partial charge is 0.478 e. The Morgan fingerprint density at radius 1 is 0.800 bits per heavy atom. The fourth-order valence-electron chi connectivity index (χ4n) is 4.25. The van der Waals surface area contributed by atoms with Gasteiger partial charge in [0, 0.05) is 49.3 Å². The van der Waals surface area contributed by atoms with Crippen molar-refractivity contribution in [2.75, 3.05) is 39.8 Å². The maximum absolute atomic E-state index is 9.24. The molecule has 2 aliphatic rings. The first kappa shape index (κ1) is 21.1. The van der Waals surface area contributed by atoms with Crippen LogP contribution in [0.4, 0.5) is 0 Å². The highest BCUT2D eigenvalue weighted by molar-refractivity contribution is 5.48. The Bertz CT molecular complexity index is 884. The zero-order valence-electron chi connectivity index (χ0n) is 17.9. The van der Waals surface area contributed by atoms with Crippen LogP contribution in [0.2, 0.25) is 0 Å². The molecule has 30 heavy (non-hydrogen) atoms. The van der Waals surface area contributed by atoms with Crippen molar-refractivity contribution in [1.29, 1.82) is 0 Å². The first-order valence-electron chi connectivity index (χ1n) is 10.7. The predicted molar refractivity (Wildman–Crippen MR) is 116 cm³/mol. The van der Waals surface area contributed by atoms with Gasteiger partial charge in [-0.25, -0.2) is 0 Å². The van der Waals surface area contributed by atoms with Gasteiger partial charge in [0.05, 0.1) is 6.61 Å². The van der Waals surface area contributed by atoms with Crippen LogP contribution < -0.4 is 9.47 Å². The molecule has 0 atom stereocenters. The molecule has 2 aliphatic heterocycles. The van der Waals surface area contributed by atoms with Crippen LogP contribution in [0.5, 0.6) is 11.5 Å². The van der Waals surface area contributed by atoms with Crippen molar-refractivity contribution in [3.8, 4) is 11.5 Å². The number of aliphatic hydroxyl groups is 2. The summed E-state index contributed by atoms with van der Waals surface area (Å²) in [5.41, 5.74) is 4.68. The molecule has 2 aromatic carbocycles. The topological polar surface area (TPSA) is 65.4 Å². The third-order valence-corrected chi connectivity index (χ3v) is 6.21. The smallest absolute Gasteiger partial charge is 0.142 e. The van der Waals surface area contributed by atoms with Gasteiger partial charge in [-0.15, -0.1) is 0 Å². The molecule has 0 aromatic heterocycles. The first-order chi connectivity index (χ1) is 14.5. The van der Waals surface area contributed by atoms with Crippen LogP contribution in [0.3, 0.4) is 0 Å². The molecule has 0 saturated carbocycles. The van der Waals surface area contributed by atoms with Crippen molar-refractivity contribution in [2.24, 2.45) is 0 Å². The molecule has 0 radical (unpaired) electrons. The number of β-amino-alcohol motifs (C(OH)–C–C–N with tert-alkyl or cyclic N) is 1. The molecule has 0 bridgehead atoms. The second kappa shape index (κ2) is 8.94. The highest BCUT2D eigenvalue weighted by atomic mass is 16.5. The molecule has 2 heterocycles. The molecule has 0 saturated heterocycles. The molecule has 6 nitrogen and oxygen atoms in total. The van der Waals surface area contributed by atoms with Gasteiger partial charge in [-0.3, -0.25) is 9.80 Å². The summed E-state index contributed by atoms with van der Waals surface area (Å²) >= 11 is 0. The normalized spacial score (nSPS) is 17.1. The quantitative estimate of drug-likeness (QED) is 0.729. The van der Waals surface area contributed by atoms with Gasteiger partial charge >= 0.3 is 0 Å². The van der Waals surface area contributed by atoms with Gasteiger partial charge in [0.15, 0.2) is 0 Å². The number of hydrogen-bond acceptors (Lipinski definition) is 6. The fraction of sp³-hybridized carbons (Fsp3) is 0.500. The highest BCUT2D eigenvalue weighted by Crippen LogP contribution is 2.38. The molecule has 0 fully saturated rings. The van der Waals surface area contributed by atoms with E-state index in [1.165, 1.54) is 16.7 Å². The lowest BCUT2D eigenvalue weighted by atomic mass is 9.77. The molecule has 2 aromatic rings. The van der Waals surface area contributed by atoms with E-state index in [9.17, 15) is 5.11 Å². The summed E-state index contributed by atoms with van der Waals surface area (Å²) in [5, 5.41) is 18.3. The molecule has 0 amide bonds. The summed E-state index contributed by atoms with van der Waals surface area (Å²) in [5.74, 6) is 1.88. The van der Waals surface area contributed by atoms with E-state index in [1.54, 1.807) is 0 Å². The van der Waals surface area contributed by atoms with Crippen LogP contribution in [0.25, 0.3) is 0 Å². The molecular weight excluding hydrogens is 380 g/mol. The zero-order chi connectivity index (χ0) is 21.1. The Kier molecular flexibility index (Phi) is 6.29. The van der Waals surface area contributed by atoms with Crippen LogP contribution in [0, 0.1) is 0 Å². The lowest BCUT2D eigenvalue weighted by Gasteiger charge is -2.33. The lowest BCUT2D eigenvalue weighted by molar-refractivity contribution is 0.0770. The summed E-state index contributed by atoms with van der Waals surface area (Å²) in [7, 11) is 0. The van der Waals surface area contributed by atoms with Gasteiger partial charge in [0.2, 0.25) is 0 Å². The van der Waals surface area contributed by atoms with Crippen molar-refractivity contribution in [3.05, 3.63) is 58.7 Å². The zero-order valence-corrected chi connectivity index (χ0v) is 17.9. The van der Waals surface area contributed by atoms with Gasteiger partial charge in [0.1, 0.15) is 25.0 Å². The second-order valence-electron chi connectivity index (χ2n) is 8.72. The van der Waals surface area contributed by atoms with E-state index in [4.69, 9.17) is 14.6 Å². The molecule has 0 unspecified atom stereocenters. The van der Waals surface area contributed by atoms with Crippen LogP contribution in [0.15, 0.2) is 36.4 Å². The van der Waals surface area contributed by atoms with Gasteiger partial charge in [0.25, 0.3) is 0 Å². The average Bonchev–Trinajstić information content (AvgIpc) is 2.76. The van der Waals surface area contributed by atoms with Crippen molar-refractivity contribution in [1.82, 2.24) is 9.80 Å². The third-order valence-electron chi connectivity index (χ3n) is 6.21. The Labute approximate surface area is 178 Å². The second-order valence-corrected chi connectivity index (χ2v) is 8.72.